The molecule has 30 nitrogen and oxygen atoms in total. The third kappa shape index (κ3) is 14.3. The average Bonchev–Trinajstić information content (AvgIpc) is 4.40. The lowest BCUT2D eigenvalue weighted by Crippen LogP contribution is -2.28. The SMILES string of the molecule is CN(C)CCCNC(=O)c1cc(NC(=O)c2cc(NC(=O)c3cc(NC(=O)c4nc(NC(=O)CCCNC(=O)c5cc(NC(=O)c6cc(NC(=O)c7nc(NC(=O)c8nccn8C)cn7C)cn6C)co5)cn4C)cn3C)cn2C)cn1C. The first-order valence-electron chi connectivity index (χ1n) is 25.7. The summed E-state index contributed by atoms with van der Waals surface area (Å²) in [5.74, 6) is -4.37. The molecule has 0 saturated heterocycles. The summed E-state index contributed by atoms with van der Waals surface area (Å²) in [4.78, 5) is 132. The van der Waals surface area contributed by atoms with Gasteiger partial charge in [-0.3, -0.25) is 43.2 Å². The summed E-state index contributed by atoms with van der Waals surface area (Å²) in [6.07, 6.45) is 14.5. The van der Waals surface area contributed by atoms with E-state index >= 15 is 0 Å². The number of nitrogens with zero attached hydrogens (tertiary/aromatic N) is 11. The molecule has 0 aromatic carbocycles. The zero-order valence-electron chi connectivity index (χ0n) is 46.8. The Hall–Kier alpha value is -10.8. The maximum atomic E-state index is 13.4. The molecule has 8 heterocycles. The summed E-state index contributed by atoms with van der Waals surface area (Å²) < 4.78 is 15.9. The topological polar surface area (TPSA) is 351 Å². The van der Waals surface area contributed by atoms with Crippen molar-refractivity contribution >= 4 is 93.2 Å². The van der Waals surface area contributed by atoms with Crippen LogP contribution in [0.3, 0.4) is 0 Å². The molecule has 0 aliphatic heterocycles. The average molecular weight is 1140 g/mol. The van der Waals surface area contributed by atoms with E-state index in [1.54, 1.807) is 83.1 Å². The number of hydrogen-bond acceptors (Lipinski definition) is 14. The zero-order valence-corrected chi connectivity index (χ0v) is 46.8. The highest BCUT2D eigenvalue weighted by Crippen LogP contribution is 2.23. The number of nitrogens with one attached hydrogen (secondary N) is 9. The van der Waals surface area contributed by atoms with Crippen molar-refractivity contribution in [2.75, 3.05) is 70.9 Å². The van der Waals surface area contributed by atoms with Crippen molar-refractivity contribution in [2.45, 2.75) is 19.3 Å². The van der Waals surface area contributed by atoms with E-state index in [1.165, 1.54) is 84.3 Å². The molecule has 8 aromatic rings. The number of aromatic nitrogens is 10. The molecule has 0 bridgehead atoms. The van der Waals surface area contributed by atoms with E-state index < -0.39 is 47.3 Å². The number of furan rings is 1. The van der Waals surface area contributed by atoms with Crippen molar-refractivity contribution in [1.82, 2.24) is 62.5 Å². The van der Waals surface area contributed by atoms with Crippen molar-refractivity contribution in [1.29, 1.82) is 0 Å². The summed E-state index contributed by atoms with van der Waals surface area (Å²) in [6.45, 7) is 1.42. The van der Waals surface area contributed by atoms with Crippen LogP contribution in [0.15, 0.2) is 90.6 Å². The fourth-order valence-corrected chi connectivity index (χ4v) is 8.58. The lowest BCUT2D eigenvalue weighted by atomic mass is 10.3. The standard InChI is InChI=1S/C53H62N20O10/c1-66(2)16-11-14-55-46(75)35-18-30(23-68(35)4)57-47(76)36-19-31(24-69(36)5)58-48(77)37-20-32(25-70(37)6)59-52(81)44-63-40(27-72(44)8)62-42(74)12-10-13-56-50(79)39-22-34(29-83-39)61-49(78)38-21-33(26-71(38)7)60-53(82)45-64-41(28-73(45)9)65-51(80)43-54-15-17-67(43)3/h15,17-29H,10-14,16H2,1-9H3,(H,55,75)(H,56,79)(H,57,76)(H,58,77)(H,59,81)(H,60,82)(H,61,78)(H,62,74)(H,65,80). The molecule has 0 radical (unpaired) electrons. The van der Waals surface area contributed by atoms with Gasteiger partial charge in [0.1, 0.15) is 29.0 Å². The van der Waals surface area contributed by atoms with Crippen LogP contribution in [-0.4, -0.2) is 139 Å². The minimum absolute atomic E-state index is 0.0131. The second kappa shape index (κ2) is 25.1. The van der Waals surface area contributed by atoms with Crippen molar-refractivity contribution in [2.24, 2.45) is 49.3 Å². The molecular formula is C53H62N20O10. The highest BCUT2D eigenvalue weighted by molar-refractivity contribution is 6.10. The van der Waals surface area contributed by atoms with Gasteiger partial charge in [0, 0.05) is 124 Å². The van der Waals surface area contributed by atoms with Crippen LogP contribution in [0.1, 0.15) is 104 Å². The third-order valence-electron chi connectivity index (χ3n) is 12.7. The third-order valence-corrected chi connectivity index (χ3v) is 12.7. The van der Waals surface area contributed by atoms with Crippen LogP contribution in [0.25, 0.3) is 0 Å². The summed E-state index contributed by atoms with van der Waals surface area (Å²) in [6, 6.07) is 7.33. The van der Waals surface area contributed by atoms with E-state index in [4.69, 9.17) is 4.42 Å². The fourth-order valence-electron chi connectivity index (χ4n) is 8.58. The number of aryl methyl sites for hydroxylation is 7. The Kier molecular flexibility index (Phi) is 17.7. The number of hydrogen-bond donors (Lipinski definition) is 9. The van der Waals surface area contributed by atoms with Crippen LogP contribution in [-0.2, 0) is 54.1 Å². The molecule has 0 spiro atoms. The normalized spacial score (nSPS) is 11.1. The lowest BCUT2D eigenvalue weighted by molar-refractivity contribution is -0.116. The molecule has 8 aromatic heterocycles. The molecule has 0 fully saturated rings. The maximum Gasteiger partial charge on any atom is 0.292 e. The molecule has 0 atom stereocenters. The molecule has 83 heavy (non-hydrogen) atoms. The van der Waals surface area contributed by atoms with Crippen molar-refractivity contribution in [3.05, 3.63) is 132 Å². The van der Waals surface area contributed by atoms with E-state index in [9.17, 15) is 43.2 Å². The smallest absolute Gasteiger partial charge is 0.292 e. The second-order valence-corrected chi connectivity index (χ2v) is 19.6. The number of anilines is 7. The van der Waals surface area contributed by atoms with E-state index in [-0.39, 0.29) is 94.3 Å². The van der Waals surface area contributed by atoms with Crippen LogP contribution in [0.5, 0.6) is 0 Å². The van der Waals surface area contributed by atoms with Gasteiger partial charge in [-0.1, -0.05) is 0 Å². The molecule has 0 saturated carbocycles. The van der Waals surface area contributed by atoms with Gasteiger partial charge in [0.25, 0.3) is 47.3 Å². The molecular weight excluding hydrogens is 1080 g/mol. The van der Waals surface area contributed by atoms with Gasteiger partial charge in [0.2, 0.25) is 17.6 Å². The van der Waals surface area contributed by atoms with Gasteiger partial charge < -0.3 is 89.1 Å². The second-order valence-electron chi connectivity index (χ2n) is 19.6. The van der Waals surface area contributed by atoms with Gasteiger partial charge in [-0.2, -0.15) is 0 Å². The monoisotopic (exact) mass is 1140 g/mol. The summed E-state index contributed by atoms with van der Waals surface area (Å²) in [5, 5.41) is 24.4. The first-order valence-corrected chi connectivity index (χ1v) is 25.7. The van der Waals surface area contributed by atoms with Gasteiger partial charge in [0.15, 0.2) is 23.2 Å². The van der Waals surface area contributed by atoms with Crippen LogP contribution < -0.4 is 47.9 Å². The summed E-state index contributed by atoms with van der Waals surface area (Å²) >= 11 is 0. The quantitative estimate of drug-likeness (QED) is 0.0416. The minimum atomic E-state index is -0.627. The van der Waals surface area contributed by atoms with Gasteiger partial charge in [-0.05, 0) is 57.7 Å². The molecule has 9 amide bonds. The van der Waals surface area contributed by atoms with Gasteiger partial charge in [-0.15, -0.1) is 0 Å². The predicted octanol–water partition coefficient (Wildman–Crippen LogP) is 3.18. The molecule has 30 heteroatoms. The van der Waals surface area contributed by atoms with Crippen LogP contribution >= 0.6 is 0 Å². The molecule has 9 N–H and O–H groups in total. The first-order chi connectivity index (χ1) is 39.5. The van der Waals surface area contributed by atoms with Crippen molar-refractivity contribution in [3.8, 4) is 0 Å². The molecule has 0 aliphatic rings. The van der Waals surface area contributed by atoms with Gasteiger partial charge >= 0.3 is 0 Å². The van der Waals surface area contributed by atoms with Crippen LogP contribution in [0, 0.1) is 0 Å². The fraction of sp³-hybridized carbons (Fsp3) is 0.283. The summed E-state index contributed by atoms with van der Waals surface area (Å²) in [7, 11) is 15.3. The lowest BCUT2D eigenvalue weighted by Gasteiger charge is -2.10. The Morgan fingerprint density at radius 2 is 0.867 bits per heavy atom. The zero-order chi connectivity index (χ0) is 59.8. The van der Waals surface area contributed by atoms with Crippen molar-refractivity contribution < 1.29 is 47.6 Å². The Balaban J connectivity index is 0.749. The predicted molar refractivity (Wildman–Crippen MR) is 303 cm³/mol. The van der Waals surface area contributed by atoms with E-state index in [2.05, 4.69) is 62.8 Å². The Labute approximate surface area is 473 Å². The number of imidazole rings is 3. The Bertz CT molecular complexity index is 3800. The largest absolute Gasteiger partial charge is 0.457 e. The minimum Gasteiger partial charge on any atom is -0.457 e. The number of carbonyl (C=O) groups excluding carboxylic acids is 9. The molecule has 8 rings (SSSR count). The Morgan fingerprint density at radius 3 is 1.34 bits per heavy atom. The van der Waals surface area contributed by atoms with Crippen molar-refractivity contribution in [3.63, 3.8) is 0 Å². The number of amides is 9. The van der Waals surface area contributed by atoms with Gasteiger partial charge in [-0.25, -0.2) is 15.0 Å². The van der Waals surface area contributed by atoms with Crippen LogP contribution in [0.2, 0.25) is 0 Å². The van der Waals surface area contributed by atoms with E-state index in [0.717, 1.165) is 13.0 Å². The highest BCUT2D eigenvalue weighted by atomic mass is 16.3. The van der Waals surface area contributed by atoms with Gasteiger partial charge in [0.05, 0.1) is 28.4 Å². The molecule has 0 aliphatic carbocycles. The van der Waals surface area contributed by atoms with E-state index in [0.29, 0.717) is 23.6 Å². The summed E-state index contributed by atoms with van der Waals surface area (Å²) in [5.41, 5.74) is 2.45. The van der Waals surface area contributed by atoms with E-state index in [1.807, 2.05) is 19.0 Å². The molecule has 0 unspecified atom stereocenters. The highest BCUT2D eigenvalue weighted by Gasteiger charge is 2.24. The first kappa shape index (κ1) is 58.4. The number of rotatable bonds is 23. The molecule has 434 valence electrons. The maximum absolute atomic E-state index is 13.4. The Morgan fingerprint density at radius 1 is 0.446 bits per heavy atom. The van der Waals surface area contributed by atoms with Crippen LogP contribution in [0.4, 0.5) is 40.1 Å². The number of carbonyl (C=O) groups is 9.